The first-order valence-electron chi connectivity index (χ1n) is 9.41. The maximum atomic E-state index is 14.8. The van der Waals surface area contributed by atoms with Crippen molar-refractivity contribution in [2.24, 2.45) is 0 Å². The van der Waals surface area contributed by atoms with E-state index in [0.717, 1.165) is 12.1 Å². The van der Waals surface area contributed by atoms with Crippen molar-refractivity contribution in [3.8, 4) is 0 Å². The first kappa shape index (κ1) is 30.4. The van der Waals surface area contributed by atoms with Gasteiger partial charge in [0.1, 0.15) is 17.8 Å². The van der Waals surface area contributed by atoms with Crippen molar-refractivity contribution in [3.63, 3.8) is 0 Å². The summed E-state index contributed by atoms with van der Waals surface area (Å²) in [6.45, 7) is 0.493. The minimum atomic E-state index is -5.35. The summed E-state index contributed by atoms with van der Waals surface area (Å²) in [7, 11) is 0. The lowest BCUT2D eigenvalue weighted by Crippen LogP contribution is -2.43. The Kier molecular flexibility index (Phi) is 9.21. The third-order valence-electron chi connectivity index (χ3n) is 4.71. The summed E-state index contributed by atoms with van der Waals surface area (Å²) in [6.07, 6.45) is -15.4. The second-order valence-corrected chi connectivity index (χ2v) is 9.41. The molecule has 0 aliphatic heterocycles. The second kappa shape index (κ2) is 10.9. The average Bonchev–Trinajstić information content (AvgIpc) is 2.72. The highest BCUT2D eigenvalue weighted by atomic mass is 79.9. The third-order valence-corrected chi connectivity index (χ3v) is 6.83. The molecule has 1 N–H and O–H groups in total. The molecule has 2 nitrogen and oxygen atoms in total. The molecule has 0 spiro atoms. The van der Waals surface area contributed by atoms with Gasteiger partial charge in [-0.25, -0.2) is 4.39 Å². The Morgan fingerprint density at radius 1 is 0.944 bits per heavy atom. The molecule has 2 unspecified atom stereocenters. The van der Waals surface area contributed by atoms with Gasteiger partial charge in [0.15, 0.2) is 0 Å². The molecule has 198 valence electrons. The minimum Gasteiger partial charge on any atom is -0.341 e. The van der Waals surface area contributed by atoms with E-state index < -0.39 is 64.5 Å². The lowest BCUT2D eigenvalue weighted by atomic mass is 9.95. The number of carbonyl (C=O) groups is 1. The molecule has 15 heteroatoms. The molecule has 0 aliphatic rings. The largest absolute Gasteiger partial charge is 0.417 e. The Balaban J connectivity index is 2.57. The number of carbonyl (C=O) groups excluding carboxylic acids is 1. The van der Waals surface area contributed by atoms with Crippen LogP contribution < -0.4 is 5.32 Å². The number of hydrogen-bond donors (Lipinski definition) is 1. The molecule has 1 amide bonds. The summed E-state index contributed by atoms with van der Waals surface area (Å²) < 4.78 is 135. The van der Waals surface area contributed by atoms with Gasteiger partial charge in [-0.05, 0) is 74.7 Å². The van der Waals surface area contributed by atoms with E-state index in [9.17, 15) is 48.7 Å². The van der Waals surface area contributed by atoms with Crippen molar-refractivity contribution in [2.75, 3.05) is 0 Å². The normalized spacial score (nSPS) is 15.0. The van der Waals surface area contributed by atoms with Crippen LogP contribution in [0.2, 0.25) is 5.02 Å². The van der Waals surface area contributed by atoms with Crippen LogP contribution >= 0.6 is 43.5 Å². The van der Waals surface area contributed by atoms with Crippen molar-refractivity contribution >= 4 is 55.2 Å². The van der Waals surface area contributed by atoms with Crippen LogP contribution in [0.5, 0.6) is 0 Å². The first-order valence-corrected chi connectivity index (χ1v) is 11.4. The molecule has 0 saturated carbocycles. The Hall–Kier alpha value is -1.80. The fourth-order valence-corrected chi connectivity index (χ4v) is 4.19. The zero-order chi connectivity index (χ0) is 27.8. The maximum absolute atomic E-state index is 14.8. The highest BCUT2D eigenvalue weighted by Gasteiger charge is 2.42. The van der Waals surface area contributed by atoms with Crippen molar-refractivity contribution in [1.82, 2.24) is 5.32 Å². The summed E-state index contributed by atoms with van der Waals surface area (Å²) in [5.74, 6) is -6.10. The van der Waals surface area contributed by atoms with E-state index in [4.69, 9.17) is 11.6 Å². The molecule has 0 bridgehead atoms. The molecule has 2 aromatic rings. The third kappa shape index (κ3) is 7.37. The van der Waals surface area contributed by atoms with Gasteiger partial charge < -0.3 is 5.32 Å². The Bertz CT molecular complexity index is 1150. The molecule has 36 heavy (non-hydrogen) atoms. The van der Waals surface area contributed by atoms with Gasteiger partial charge in [-0.3, -0.25) is 4.79 Å². The van der Waals surface area contributed by atoms with Crippen LogP contribution in [0.15, 0.2) is 45.4 Å². The van der Waals surface area contributed by atoms with Crippen LogP contribution in [0.3, 0.4) is 0 Å². The molecular weight excluding hydrogens is 667 g/mol. The zero-order valence-electron chi connectivity index (χ0n) is 17.4. The zero-order valence-corrected chi connectivity index (χ0v) is 21.4. The van der Waals surface area contributed by atoms with Gasteiger partial charge in [0.2, 0.25) is 0 Å². The number of allylic oxidation sites excluding steroid dienone is 1. The van der Waals surface area contributed by atoms with Gasteiger partial charge in [-0.15, -0.1) is 0 Å². The number of amides is 1. The quantitative estimate of drug-likeness (QED) is 0.248. The van der Waals surface area contributed by atoms with E-state index in [1.807, 2.05) is 0 Å². The van der Waals surface area contributed by atoms with Gasteiger partial charge in [0, 0.05) is 14.5 Å². The SMILES string of the molecule is CC(NC(=O)c1ccc(/C(F)=C/C(c2cc(Br)c(Cl)c(Br)c2)C(F)(F)F)cc1C(F)(F)F)C(F)(F)F. The van der Waals surface area contributed by atoms with Crippen LogP contribution in [0.4, 0.5) is 43.9 Å². The molecule has 0 aliphatic carbocycles. The summed E-state index contributed by atoms with van der Waals surface area (Å²) in [6, 6.07) is 0.363. The number of alkyl halides is 9. The summed E-state index contributed by atoms with van der Waals surface area (Å²) in [5, 5.41) is 1.37. The summed E-state index contributed by atoms with van der Waals surface area (Å²) >= 11 is 11.8. The fraction of sp³-hybridized carbons (Fsp3) is 0.286. The minimum absolute atomic E-state index is 0.0210. The number of benzene rings is 2. The predicted molar refractivity (Wildman–Crippen MR) is 119 cm³/mol. The van der Waals surface area contributed by atoms with Crippen LogP contribution in [0.25, 0.3) is 5.83 Å². The molecule has 2 aromatic carbocycles. The van der Waals surface area contributed by atoms with Gasteiger partial charge in [0.05, 0.1) is 16.1 Å². The Morgan fingerprint density at radius 3 is 1.92 bits per heavy atom. The van der Waals surface area contributed by atoms with Gasteiger partial charge in [0.25, 0.3) is 5.91 Å². The van der Waals surface area contributed by atoms with E-state index in [0.29, 0.717) is 19.1 Å². The van der Waals surface area contributed by atoms with Crippen molar-refractivity contribution < 1.29 is 48.7 Å². The topological polar surface area (TPSA) is 29.1 Å². The van der Waals surface area contributed by atoms with Crippen LogP contribution in [-0.2, 0) is 6.18 Å². The lowest BCUT2D eigenvalue weighted by molar-refractivity contribution is -0.149. The summed E-state index contributed by atoms with van der Waals surface area (Å²) in [5.41, 5.74) is -4.60. The Labute approximate surface area is 218 Å². The number of hydrogen-bond acceptors (Lipinski definition) is 1. The number of rotatable bonds is 5. The van der Waals surface area contributed by atoms with Gasteiger partial charge in [-0.2, -0.15) is 39.5 Å². The lowest BCUT2D eigenvalue weighted by Gasteiger charge is -2.20. The maximum Gasteiger partial charge on any atom is 0.417 e. The van der Waals surface area contributed by atoms with Crippen molar-refractivity contribution in [2.45, 2.75) is 37.4 Å². The predicted octanol–water partition coefficient (Wildman–Crippen LogP) is 9.22. The van der Waals surface area contributed by atoms with Crippen LogP contribution in [-0.4, -0.2) is 24.3 Å². The van der Waals surface area contributed by atoms with Crippen molar-refractivity contribution in [3.05, 3.63) is 72.6 Å². The smallest absolute Gasteiger partial charge is 0.341 e. The molecule has 0 fully saturated rings. The summed E-state index contributed by atoms with van der Waals surface area (Å²) in [4.78, 5) is 12.0. The average molecular weight is 680 g/mol. The van der Waals surface area contributed by atoms with E-state index in [2.05, 4.69) is 31.9 Å². The fourth-order valence-electron chi connectivity index (χ4n) is 2.86. The highest BCUT2D eigenvalue weighted by Crippen LogP contribution is 2.43. The number of nitrogens with one attached hydrogen (secondary N) is 1. The molecule has 0 saturated heterocycles. The number of halogens is 13. The first-order chi connectivity index (χ1) is 16.2. The molecule has 2 atom stereocenters. The van der Waals surface area contributed by atoms with Gasteiger partial charge >= 0.3 is 18.5 Å². The molecule has 0 heterocycles. The van der Waals surface area contributed by atoms with E-state index >= 15 is 0 Å². The van der Waals surface area contributed by atoms with E-state index in [1.54, 1.807) is 0 Å². The van der Waals surface area contributed by atoms with E-state index in [1.165, 1.54) is 5.32 Å². The standard InChI is InChI=1S/C21H12Br2ClF10NO/c1-8(19(26,27)28)35-18(36)11-3-2-9(4-13(11)21(32,33)34)16(25)7-12(20(29,30)31)10-5-14(22)17(24)15(23)6-10/h2-8,12H,1H3,(H,35,36)/b16-7-. The Morgan fingerprint density at radius 2 is 1.47 bits per heavy atom. The van der Waals surface area contributed by atoms with Crippen LogP contribution in [0.1, 0.15) is 39.9 Å². The van der Waals surface area contributed by atoms with Crippen molar-refractivity contribution in [1.29, 1.82) is 0 Å². The molecule has 0 aromatic heterocycles. The van der Waals surface area contributed by atoms with E-state index in [-0.39, 0.29) is 26.1 Å². The molecule has 2 rings (SSSR count). The molecular formula is C21H12Br2ClF10NO. The second-order valence-electron chi connectivity index (χ2n) is 7.33. The van der Waals surface area contributed by atoms with Crippen LogP contribution in [0, 0.1) is 0 Å². The van der Waals surface area contributed by atoms with Gasteiger partial charge in [-0.1, -0.05) is 17.7 Å². The highest BCUT2D eigenvalue weighted by molar-refractivity contribution is 9.11. The molecule has 0 radical (unpaired) electrons. The monoisotopic (exact) mass is 677 g/mol.